The van der Waals surface area contributed by atoms with Gasteiger partial charge in [0.15, 0.2) is 0 Å². The van der Waals surface area contributed by atoms with Crippen LogP contribution in [0.1, 0.15) is 32.3 Å². The van der Waals surface area contributed by atoms with Gasteiger partial charge in [-0.25, -0.2) is 0 Å². The summed E-state index contributed by atoms with van der Waals surface area (Å²) in [5, 5.41) is 12.6. The minimum absolute atomic E-state index is 0.236. The van der Waals surface area contributed by atoms with Crippen LogP contribution in [0.4, 0.5) is 5.69 Å². The first-order valence-electron chi connectivity index (χ1n) is 10.6. The average Bonchev–Trinajstić information content (AvgIpc) is 2.71. The van der Waals surface area contributed by atoms with E-state index in [9.17, 15) is 5.11 Å². The first-order valence-corrected chi connectivity index (χ1v) is 11.3. The Morgan fingerprint density at radius 3 is 2.48 bits per heavy atom. The van der Waals surface area contributed by atoms with Crippen LogP contribution in [0.3, 0.4) is 0 Å². The molecule has 1 atom stereocenters. The van der Waals surface area contributed by atoms with Crippen LogP contribution in [0, 0.1) is 5.41 Å². The summed E-state index contributed by atoms with van der Waals surface area (Å²) in [6.45, 7) is 7.41. The molecule has 0 bridgehead atoms. The average molecular weight is 467 g/mol. The van der Waals surface area contributed by atoms with Crippen molar-refractivity contribution in [3.05, 3.63) is 52.0 Å². The monoisotopic (exact) mass is 466 g/mol. The predicted octanol–water partition coefficient (Wildman–Crippen LogP) is 5.06. The predicted molar refractivity (Wildman–Crippen MR) is 127 cm³/mol. The van der Waals surface area contributed by atoms with Gasteiger partial charge in [0, 0.05) is 42.6 Å². The number of halogens is 2. The number of nitrogens with zero attached hydrogens (tertiary/aromatic N) is 1. The lowest BCUT2D eigenvalue weighted by atomic mass is 9.67. The molecule has 170 valence electrons. The molecule has 1 aliphatic rings. The van der Waals surface area contributed by atoms with Crippen LogP contribution >= 0.6 is 23.2 Å². The van der Waals surface area contributed by atoms with E-state index in [-0.39, 0.29) is 5.41 Å². The van der Waals surface area contributed by atoms with Crippen molar-refractivity contribution in [3.63, 3.8) is 0 Å². The van der Waals surface area contributed by atoms with E-state index >= 15 is 0 Å². The number of nitrogens with two attached hydrogens (primary N) is 1. The molecule has 1 heterocycles. The number of aliphatic hydroxyl groups is 1. The van der Waals surface area contributed by atoms with Gasteiger partial charge in [-0.05, 0) is 36.6 Å². The van der Waals surface area contributed by atoms with Gasteiger partial charge in [-0.15, -0.1) is 0 Å². The fraction of sp³-hybridized carbons (Fsp3) is 0.500. The van der Waals surface area contributed by atoms with E-state index in [4.69, 9.17) is 38.4 Å². The number of hydrogen-bond donors (Lipinski definition) is 2. The lowest BCUT2D eigenvalue weighted by molar-refractivity contribution is -0.118. The lowest BCUT2D eigenvalue weighted by Crippen LogP contribution is -2.58. The van der Waals surface area contributed by atoms with Gasteiger partial charge in [0.2, 0.25) is 0 Å². The van der Waals surface area contributed by atoms with E-state index < -0.39 is 5.60 Å². The molecule has 2 aromatic rings. The van der Waals surface area contributed by atoms with Gasteiger partial charge < -0.3 is 25.2 Å². The van der Waals surface area contributed by atoms with Gasteiger partial charge in [-0.2, -0.15) is 0 Å². The highest BCUT2D eigenvalue weighted by atomic mass is 35.5. The number of likely N-dealkylation sites (tertiary alicyclic amines) is 1. The molecule has 0 spiro atoms. The van der Waals surface area contributed by atoms with Crippen molar-refractivity contribution in [2.75, 3.05) is 39.1 Å². The number of hydrogen-bond acceptors (Lipinski definition) is 5. The minimum atomic E-state index is -0.748. The molecule has 1 unspecified atom stereocenters. The number of ether oxygens (including phenoxy) is 2. The number of rotatable bonds is 8. The second-order valence-electron chi connectivity index (χ2n) is 8.97. The Kier molecular flexibility index (Phi) is 7.63. The number of piperidine rings is 1. The van der Waals surface area contributed by atoms with Crippen molar-refractivity contribution in [2.45, 2.75) is 38.7 Å². The zero-order valence-corrected chi connectivity index (χ0v) is 20.0. The van der Waals surface area contributed by atoms with Crippen molar-refractivity contribution < 1.29 is 14.6 Å². The lowest BCUT2D eigenvalue weighted by Gasteiger charge is -2.50. The van der Waals surface area contributed by atoms with E-state index in [0.717, 1.165) is 38.0 Å². The molecule has 1 aliphatic heterocycles. The Balaban J connectivity index is 1.51. The van der Waals surface area contributed by atoms with Crippen molar-refractivity contribution in [2.24, 2.45) is 5.41 Å². The fourth-order valence-electron chi connectivity index (χ4n) is 4.23. The van der Waals surface area contributed by atoms with E-state index in [2.05, 4.69) is 18.7 Å². The highest BCUT2D eigenvalue weighted by Gasteiger charge is 2.47. The number of anilines is 1. The summed E-state index contributed by atoms with van der Waals surface area (Å²) in [5.74, 6) is 1.13. The third kappa shape index (κ3) is 5.78. The second-order valence-corrected chi connectivity index (χ2v) is 9.82. The molecule has 0 saturated carbocycles. The first-order chi connectivity index (χ1) is 14.6. The summed E-state index contributed by atoms with van der Waals surface area (Å²) in [5.41, 5.74) is 6.62. The molecule has 0 amide bonds. The molecule has 2 aromatic carbocycles. The fourth-order valence-corrected chi connectivity index (χ4v) is 4.60. The van der Waals surface area contributed by atoms with Gasteiger partial charge >= 0.3 is 0 Å². The van der Waals surface area contributed by atoms with Crippen molar-refractivity contribution in [1.82, 2.24) is 4.90 Å². The summed E-state index contributed by atoms with van der Waals surface area (Å²) in [4.78, 5) is 2.39. The molecule has 0 aliphatic carbocycles. The number of methoxy groups -OCH3 is 1. The minimum Gasteiger partial charge on any atom is -0.495 e. The van der Waals surface area contributed by atoms with Crippen LogP contribution in [0.15, 0.2) is 36.4 Å². The van der Waals surface area contributed by atoms with E-state index in [1.165, 1.54) is 0 Å². The molecule has 0 aromatic heterocycles. The van der Waals surface area contributed by atoms with E-state index in [1.54, 1.807) is 19.2 Å². The van der Waals surface area contributed by atoms with Gasteiger partial charge in [-0.1, -0.05) is 49.2 Å². The smallest absolute Gasteiger partial charge is 0.145 e. The summed E-state index contributed by atoms with van der Waals surface area (Å²) < 4.78 is 11.1. The third-order valence-electron chi connectivity index (χ3n) is 6.29. The van der Waals surface area contributed by atoms with Crippen LogP contribution in [-0.4, -0.2) is 49.0 Å². The zero-order chi connectivity index (χ0) is 22.6. The normalized spacial score (nSPS) is 21.1. The Hall–Kier alpha value is -1.66. The van der Waals surface area contributed by atoms with Crippen LogP contribution in [0.25, 0.3) is 0 Å². The van der Waals surface area contributed by atoms with Gasteiger partial charge in [-0.3, -0.25) is 0 Å². The van der Waals surface area contributed by atoms with Crippen molar-refractivity contribution in [3.8, 4) is 11.5 Å². The molecule has 3 N–H and O–H groups in total. The highest BCUT2D eigenvalue weighted by Crippen LogP contribution is 2.41. The molecule has 3 rings (SSSR count). The molecule has 0 radical (unpaired) electrons. The Morgan fingerprint density at radius 2 is 1.84 bits per heavy atom. The molecule has 1 fully saturated rings. The first kappa shape index (κ1) is 24.0. The maximum absolute atomic E-state index is 11.4. The summed E-state index contributed by atoms with van der Waals surface area (Å²) in [6.07, 6.45) is 2.21. The van der Waals surface area contributed by atoms with Gasteiger partial charge in [0.1, 0.15) is 11.5 Å². The van der Waals surface area contributed by atoms with Gasteiger partial charge in [0.25, 0.3) is 0 Å². The number of benzene rings is 2. The Bertz CT molecular complexity index is 889. The van der Waals surface area contributed by atoms with Crippen LogP contribution in [0.2, 0.25) is 10.0 Å². The van der Waals surface area contributed by atoms with Crippen LogP contribution in [-0.2, 0) is 6.42 Å². The summed E-state index contributed by atoms with van der Waals surface area (Å²) in [6, 6.07) is 11.1. The topological polar surface area (TPSA) is 68.0 Å². The third-order valence-corrected chi connectivity index (χ3v) is 6.84. The molecule has 5 nitrogen and oxygen atoms in total. The Labute approximate surface area is 195 Å². The van der Waals surface area contributed by atoms with E-state index in [0.29, 0.717) is 40.3 Å². The van der Waals surface area contributed by atoms with Gasteiger partial charge in [0.05, 0.1) is 30.0 Å². The molecule has 31 heavy (non-hydrogen) atoms. The van der Waals surface area contributed by atoms with Crippen LogP contribution in [0.5, 0.6) is 11.5 Å². The quantitative estimate of drug-likeness (QED) is 0.420. The summed E-state index contributed by atoms with van der Waals surface area (Å²) >= 11 is 12.1. The molecular weight excluding hydrogens is 435 g/mol. The number of nitrogen functional groups attached to an aromatic ring is 1. The molecule has 7 heteroatoms. The van der Waals surface area contributed by atoms with Crippen LogP contribution < -0.4 is 15.2 Å². The molecule has 1 saturated heterocycles. The maximum atomic E-state index is 11.4. The Morgan fingerprint density at radius 1 is 1.13 bits per heavy atom. The maximum Gasteiger partial charge on any atom is 0.145 e. The standard InChI is InChI=1S/C24H32Cl2N2O3/c1-23(2)16-28(11-9-24(23,29)15-17-5-7-18(25)8-6-17)10-4-12-31-22-14-21(30-3)19(26)13-20(22)27/h5-8,13-14,29H,4,9-12,15-16,27H2,1-3H3. The largest absolute Gasteiger partial charge is 0.495 e. The van der Waals surface area contributed by atoms with Crippen molar-refractivity contribution >= 4 is 28.9 Å². The second kappa shape index (κ2) is 9.86. The molecular formula is C24H32Cl2N2O3. The van der Waals surface area contributed by atoms with E-state index in [1.807, 2.05) is 24.3 Å². The zero-order valence-electron chi connectivity index (χ0n) is 18.5. The van der Waals surface area contributed by atoms with Crippen molar-refractivity contribution in [1.29, 1.82) is 0 Å². The summed E-state index contributed by atoms with van der Waals surface area (Å²) in [7, 11) is 1.56. The highest BCUT2D eigenvalue weighted by molar-refractivity contribution is 6.32. The SMILES string of the molecule is COc1cc(OCCCN2CCC(O)(Cc3ccc(Cl)cc3)C(C)(C)C2)c(N)cc1Cl.